The van der Waals surface area contributed by atoms with Gasteiger partial charge in [0.05, 0.1) is 13.0 Å². The second-order valence-electron chi connectivity index (χ2n) is 4.01. The Balaban J connectivity index is 2.62. The first-order chi connectivity index (χ1) is 6.60. The zero-order valence-corrected chi connectivity index (χ0v) is 9.49. The Morgan fingerprint density at radius 2 is 2.21 bits per heavy atom. The van der Waals surface area contributed by atoms with E-state index in [4.69, 9.17) is 4.84 Å². The van der Waals surface area contributed by atoms with Gasteiger partial charge in [-0.05, 0) is 13.0 Å². The van der Waals surface area contributed by atoms with Gasteiger partial charge in [0, 0.05) is 20.1 Å². The van der Waals surface area contributed by atoms with Crippen LogP contribution in [0, 0.1) is 11.8 Å². The summed E-state index contributed by atoms with van der Waals surface area (Å²) in [4.78, 5) is 19.0. The number of hydrogen-bond donors (Lipinski definition) is 0. The molecule has 1 heterocycles. The number of carbonyl (C=O) groups excluding carboxylic acids is 1. The van der Waals surface area contributed by atoms with Crippen LogP contribution in [-0.2, 0) is 9.63 Å². The van der Waals surface area contributed by atoms with E-state index >= 15 is 0 Å². The van der Waals surface area contributed by atoms with E-state index in [9.17, 15) is 4.79 Å². The highest BCUT2D eigenvalue weighted by Crippen LogP contribution is 2.26. The smallest absolute Gasteiger partial charge is 0.250 e. The largest absolute Gasteiger partial charge is 0.305 e. The molecule has 2 unspecified atom stereocenters. The molecular weight excluding hydrogens is 180 g/mol. The quantitative estimate of drug-likeness (QED) is 0.625. The zero-order chi connectivity index (χ0) is 10.7. The molecule has 1 aliphatic rings. The Labute approximate surface area is 85.8 Å². The predicted molar refractivity (Wildman–Crippen MR) is 54.5 cm³/mol. The molecule has 1 fully saturated rings. The molecule has 0 saturated carbocycles. The van der Waals surface area contributed by atoms with Crippen molar-refractivity contribution < 1.29 is 9.63 Å². The lowest BCUT2D eigenvalue weighted by Gasteiger charge is -2.21. The van der Waals surface area contributed by atoms with Crippen LogP contribution in [0.3, 0.4) is 0 Å². The minimum absolute atomic E-state index is 0.101. The number of nitrogens with zero attached hydrogens (tertiary/aromatic N) is 2. The Morgan fingerprint density at radius 1 is 1.57 bits per heavy atom. The number of hydroxylamine groups is 2. The molecule has 0 radical (unpaired) electrons. The lowest BCUT2D eigenvalue weighted by atomic mass is 9.93. The van der Waals surface area contributed by atoms with Crippen molar-refractivity contribution in [1.29, 1.82) is 0 Å². The van der Waals surface area contributed by atoms with E-state index in [1.54, 1.807) is 7.05 Å². The highest BCUT2D eigenvalue weighted by atomic mass is 16.7. The molecule has 0 spiro atoms. The van der Waals surface area contributed by atoms with Gasteiger partial charge in [-0.15, -0.1) is 0 Å². The fraction of sp³-hybridized carbons (Fsp3) is 0.900. The predicted octanol–water partition coefficient (Wildman–Crippen LogP) is 0.594. The van der Waals surface area contributed by atoms with Gasteiger partial charge >= 0.3 is 0 Å². The number of amides is 1. The lowest BCUT2D eigenvalue weighted by Crippen LogP contribution is -2.35. The van der Waals surface area contributed by atoms with Crippen LogP contribution in [0.5, 0.6) is 0 Å². The standard InChI is InChI=1S/C10H20N2O2/c1-5-8-6-11(2)7-9(8)10(13)12(3)14-4/h8-9H,5-7H2,1-4H3. The van der Waals surface area contributed by atoms with Crippen molar-refractivity contribution in [3.8, 4) is 0 Å². The fourth-order valence-electron chi connectivity index (χ4n) is 2.10. The molecule has 0 aromatic rings. The van der Waals surface area contributed by atoms with Crippen LogP contribution >= 0.6 is 0 Å². The summed E-state index contributed by atoms with van der Waals surface area (Å²) < 4.78 is 0. The van der Waals surface area contributed by atoms with Gasteiger partial charge in [-0.25, -0.2) is 5.06 Å². The molecule has 1 aliphatic heterocycles. The Hall–Kier alpha value is -0.610. The van der Waals surface area contributed by atoms with E-state index < -0.39 is 0 Å². The van der Waals surface area contributed by atoms with Gasteiger partial charge in [0.15, 0.2) is 0 Å². The first-order valence-corrected chi connectivity index (χ1v) is 5.10. The molecule has 1 amide bonds. The monoisotopic (exact) mass is 200 g/mol. The number of carbonyl (C=O) groups is 1. The van der Waals surface area contributed by atoms with Crippen LogP contribution < -0.4 is 0 Å². The first-order valence-electron chi connectivity index (χ1n) is 5.10. The maximum Gasteiger partial charge on any atom is 0.250 e. The SMILES string of the molecule is CCC1CN(C)CC1C(=O)N(C)OC. The molecule has 0 aliphatic carbocycles. The summed E-state index contributed by atoms with van der Waals surface area (Å²) in [6.07, 6.45) is 1.05. The Bertz CT molecular complexity index is 208. The minimum atomic E-state index is 0.101. The zero-order valence-electron chi connectivity index (χ0n) is 9.49. The highest BCUT2D eigenvalue weighted by molar-refractivity contribution is 5.78. The van der Waals surface area contributed by atoms with E-state index in [1.807, 2.05) is 0 Å². The Morgan fingerprint density at radius 3 is 2.71 bits per heavy atom. The molecule has 0 N–H and O–H groups in total. The summed E-state index contributed by atoms with van der Waals surface area (Å²) in [6.45, 7) is 4.01. The summed E-state index contributed by atoms with van der Waals surface area (Å²) in [6, 6.07) is 0. The van der Waals surface area contributed by atoms with Crippen molar-refractivity contribution in [3.63, 3.8) is 0 Å². The summed E-state index contributed by atoms with van der Waals surface area (Å²) in [5, 5.41) is 1.34. The minimum Gasteiger partial charge on any atom is -0.305 e. The van der Waals surface area contributed by atoms with Crippen molar-refractivity contribution in [2.75, 3.05) is 34.3 Å². The van der Waals surface area contributed by atoms with Crippen molar-refractivity contribution >= 4 is 5.91 Å². The van der Waals surface area contributed by atoms with Gasteiger partial charge in [0.2, 0.25) is 0 Å². The maximum absolute atomic E-state index is 11.9. The van der Waals surface area contributed by atoms with Crippen molar-refractivity contribution in [3.05, 3.63) is 0 Å². The lowest BCUT2D eigenvalue weighted by molar-refractivity contribution is -0.174. The van der Waals surface area contributed by atoms with Crippen LogP contribution in [0.25, 0.3) is 0 Å². The van der Waals surface area contributed by atoms with Gasteiger partial charge < -0.3 is 4.90 Å². The summed E-state index contributed by atoms with van der Waals surface area (Å²) >= 11 is 0. The van der Waals surface area contributed by atoms with E-state index in [1.165, 1.54) is 12.2 Å². The molecule has 0 aromatic carbocycles. The van der Waals surface area contributed by atoms with E-state index in [0.29, 0.717) is 5.92 Å². The molecule has 4 nitrogen and oxygen atoms in total. The molecule has 1 rings (SSSR count). The van der Waals surface area contributed by atoms with E-state index in [-0.39, 0.29) is 11.8 Å². The second-order valence-corrected chi connectivity index (χ2v) is 4.01. The van der Waals surface area contributed by atoms with Gasteiger partial charge in [-0.3, -0.25) is 9.63 Å². The second kappa shape index (κ2) is 4.75. The average Bonchev–Trinajstić information content (AvgIpc) is 2.57. The third-order valence-electron chi connectivity index (χ3n) is 3.05. The third-order valence-corrected chi connectivity index (χ3v) is 3.05. The number of hydrogen-bond acceptors (Lipinski definition) is 3. The molecule has 82 valence electrons. The molecule has 1 saturated heterocycles. The van der Waals surface area contributed by atoms with Crippen LogP contribution in [-0.4, -0.2) is 50.2 Å². The van der Waals surface area contributed by atoms with Crippen LogP contribution in [0.15, 0.2) is 0 Å². The summed E-state index contributed by atoms with van der Waals surface area (Å²) in [5.74, 6) is 0.684. The normalized spacial score (nSPS) is 28.0. The molecule has 0 aromatic heterocycles. The van der Waals surface area contributed by atoms with Gasteiger partial charge in [0.1, 0.15) is 0 Å². The number of rotatable bonds is 3. The van der Waals surface area contributed by atoms with Crippen LogP contribution in [0.4, 0.5) is 0 Å². The van der Waals surface area contributed by atoms with Crippen molar-refractivity contribution in [1.82, 2.24) is 9.96 Å². The van der Waals surface area contributed by atoms with Gasteiger partial charge in [-0.1, -0.05) is 13.3 Å². The first kappa shape index (κ1) is 11.5. The van der Waals surface area contributed by atoms with Crippen LogP contribution in [0.2, 0.25) is 0 Å². The van der Waals surface area contributed by atoms with Crippen molar-refractivity contribution in [2.24, 2.45) is 11.8 Å². The maximum atomic E-state index is 11.9. The third kappa shape index (κ3) is 2.25. The highest BCUT2D eigenvalue weighted by Gasteiger charge is 2.36. The summed E-state index contributed by atoms with van der Waals surface area (Å²) in [7, 11) is 5.26. The van der Waals surface area contributed by atoms with Gasteiger partial charge in [-0.2, -0.15) is 0 Å². The van der Waals surface area contributed by atoms with Crippen molar-refractivity contribution in [2.45, 2.75) is 13.3 Å². The van der Waals surface area contributed by atoms with E-state index in [0.717, 1.165) is 19.5 Å². The Kier molecular flexibility index (Phi) is 3.89. The molecular formula is C10H20N2O2. The van der Waals surface area contributed by atoms with E-state index in [2.05, 4.69) is 18.9 Å². The molecule has 2 atom stereocenters. The van der Waals surface area contributed by atoms with Gasteiger partial charge in [0.25, 0.3) is 5.91 Å². The summed E-state index contributed by atoms with van der Waals surface area (Å²) in [5.41, 5.74) is 0. The number of likely N-dealkylation sites (tertiary alicyclic amines) is 1. The average molecular weight is 200 g/mol. The molecule has 4 heteroatoms. The fourth-order valence-corrected chi connectivity index (χ4v) is 2.10. The molecule has 14 heavy (non-hydrogen) atoms. The topological polar surface area (TPSA) is 32.8 Å². The molecule has 0 bridgehead atoms. The van der Waals surface area contributed by atoms with Crippen LogP contribution in [0.1, 0.15) is 13.3 Å².